The molecule has 192 valence electrons. The van der Waals surface area contributed by atoms with Gasteiger partial charge in [-0.15, -0.1) is 21.5 Å². The van der Waals surface area contributed by atoms with E-state index in [0.29, 0.717) is 22.9 Å². The van der Waals surface area contributed by atoms with Crippen LogP contribution in [0.3, 0.4) is 0 Å². The average molecular weight is 525 g/mol. The zero-order valence-electron chi connectivity index (χ0n) is 20.3. The van der Waals surface area contributed by atoms with E-state index < -0.39 is 23.6 Å². The number of nitrogens with one attached hydrogen (secondary N) is 1. The fourth-order valence-electron chi connectivity index (χ4n) is 3.69. The van der Waals surface area contributed by atoms with Crippen LogP contribution in [0, 0.1) is 17.6 Å². The maximum atomic E-state index is 14.2. The molecule has 8 nitrogen and oxygen atoms in total. The van der Waals surface area contributed by atoms with Gasteiger partial charge in [-0.3, -0.25) is 14.5 Å². The predicted molar refractivity (Wildman–Crippen MR) is 137 cm³/mol. The molecule has 11 heteroatoms. The summed E-state index contributed by atoms with van der Waals surface area (Å²) in [7, 11) is 0. The second kappa shape index (κ2) is 11.8. The topological polar surface area (TPSA) is 93.0 Å². The van der Waals surface area contributed by atoms with Crippen molar-refractivity contribution >= 4 is 28.8 Å². The maximum absolute atomic E-state index is 14.2. The van der Waals surface area contributed by atoms with Crippen molar-refractivity contribution in [1.29, 1.82) is 0 Å². The number of hydrogen-bond acceptors (Lipinski definition) is 6. The molecule has 0 bridgehead atoms. The van der Waals surface area contributed by atoms with Gasteiger partial charge in [0.2, 0.25) is 11.7 Å². The van der Waals surface area contributed by atoms with Crippen LogP contribution in [-0.4, -0.2) is 38.6 Å². The summed E-state index contributed by atoms with van der Waals surface area (Å²) in [6.45, 7) is 4.19. The largest absolute Gasteiger partial charge is 0.354 e. The van der Waals surface area contributed by atoms with E-state index in [1.807, 2.05) is 5.38 Å². The van der Waals surface area contributed by atoms with E-state index in [-0.39, 0.29) is 24.0 Å². The van der Waals surface area contributed by atoms with Gasteiger partial charge in [-0.25, -0.2) is 8.78 Å². The number of carbonyl (C=O) groups excluding carboxylic acids is 2. The van der Waals surface area contributed by atoms with Crippen molar-refractivity contribution in [3.8, 4) is 11.4 Å². The van der Waals surface area contributed by atoms with E-state index in [0.717, 1.165) is 11.2 Å². The number of thiophene rings is 1. The highest BCUT2D eigenvalue weighted by Gasteiger charge is 2.34. The minimum absolute atomic E-state index is 0.214. The first-order valence-electron chi connectivity index (χ1n) is 11.7. The number of amides is 2. The van der Waals surface area contributed by atoms with Crippen LogP contribution in [-0.2, 0) is 16.1 Å². The van der Waals surface area contributed by atoms with E-state index >= 15 is 0 Å². The summed E-state index contributed by atoms with van der Waals surface area (Å²) in [5.74, 6) is -1.26. The third-order valence-electron chi connectivity index (χ3n) is 5.53. The number of tetrazole rings is 1. The number of hydrogen-bond donors (Lipinski definition) is 1. The number of rotatable bonds is 10. The third kappa shape index (κ3) is 6.62. The fourth-order valence-corrected chi connectivity index (χ4v) is 4.50. The van der Waals surface area contributed by atoms with Crippen molar-refractivity contribution in [2.24, 2.45) is 5.92 Å². The molecule has 37 heavy (non-hydrogen) atoms. The molecule has 0 fully saturated rings. The Labute approximate surface area is 216 Å². The first kappa shape index (κ1) is 26.1. The Balaban J connectivity index is 1.65. The molecule has 0 saturated carbocycles. The molecule has 2 amide bonds. The summed E-state index contributed by atoms with van der Waals surface area (Å²) >= 11 is 1.32. The van der Waals surface area contributed by atoms with Crippen molar-refractivity contribution in [3.05, 3.63) is 82.6 Å². The average Bonchev–Trinajstić information content (AvgIpc) is 3.55. The van der Waals surface area contributed by atoms with E-state index in [1.54, 1.807) is 18.2 Å². The van der Waals surface area contributed by atoms with Gasteiger partial charge in [-0.2, -0.15) is 4.80 Å². The van der Waals surface area contributed by atoms with Crippen LogP contribution in [0.15, 0.2) is 66.0 Å². The summed E-state index contributed by atoms with van der Waals surface area (Å²) in [5, 5.41) is 16.9. The molecule has 1 N–H and O–H groups in total. The minimum atomic E-state index is -1.03. The highest BCUT2D eigenvalue weighted by atomic mass is 32.1. The molecule has 2 heterocycles. The van der Waals surface area contributed by atoms with Gasteiger partial charge in [0.05, 0.1) is 0 Å². The van der Waals surface area contributed by atoms with Gasteiger partial charge in [-0.05, 0) is 71.5 Å². The molecule has 4 rings (SSSR count). The lowest BCUT2D eigenvalue weighted by atomic mass is 10.1. The number of anilines is 1. The van der Waals surface area contributed by atoms with Crippen LogP contribution in [0.4, 0.5) is 14.5 Å². The summed E-state index contributed by atoms with van der Waals surface area (Å²) in [4.78, 5) is 30.1. The van der Waals surface area contributed by atoms with E-state index in [4.69, 9.17) is 0 Å². The maximum Gasteiger partial charge on any atom is 0.251 e. The smallest absolute Gasteiger partial charge is 0.251 e. The lowest BCUT2D eigenvalue weighted by Crippen LogP contribution is -2.45. The summed E-state index contributed by atoms with van der Waals surface area (Å²) in [6, 6.07) is 13.6. The van der Waals surface area contributed by atoms with Crippen LogP contribution in [0.25, 0.3) is 11.4 Å². The van der Waals surface area contributed by atoms with Crippen LogP contribution >= 0.6 is 11.3 Å². The molecule has 0 aliphatic rings. The van der Waals surface area contributed by atoms with Crippen LogP contribution in [0.5, 0.6) is 0 Å². The number of halogens is 2. The van der Waals surface area contributed by atoms with Crippen LogP contribution in [0.2, 0.25) is 0 Å². The van der Waals surface area contributed by atoms with Crippen molar-refractivity contribution in [3.63, 3.8) is 0 Å². The second-order valence-electron chi connectivity index (χ2n) is 8.79. The van der Waals surface area contributed by atoms with Crippen molar-refractivity contribution in [2.45, 2.75) is 32.9 Å². The van der Waals surface area contributed by atoms with Crippen LogP contribution in [0.1, 0.15) is 31.2 Å². The Morgan fingerprint density at radius 2 is 1.84 bits per heavy atom. The van der Waals surface area contributed by atoms with Gasteiger partial charge in [0.25, 0.3) is 5.91 Å². The molecular formula is C26H26F2N6O2S. The molecule has 0 radical (unpaired) electrons. The van der Waals surface area contributed by atoms with Gasteiger partial charge in [0, 0.05) is 22.7 Å². The zero-order chi connectivity index (χ0) is 26.4. The Hall–Kier alpha value is -3.99. The molecule has 1 atom stereocenters. The van der Waals surface area contributed by atoms with E-state index in [9.17, 15) is 18.4 Å². The minimum Gasteiger partial charge on any atom is -0.354 e. The van der Waals surface area contributed by atoms with Crippen molar-refractivity contribution in [1.82, 2.24) is 25.5 Å². The lowest BCUT2D eigenvalue weighted by Gasteiger charge is -2.30. The molecule has 0 aliphatic carbocycles. The molecule has 1 unspecified atom stereocenters. The van der Waals surface area contributed by atoms with Gasteiger partial charge in [0.1, 0.15) is 24.2 Å². The van der Waals surface area contributed by atoms with Gasteiger partial charge in [0.15, 0.2) is 0 Å². The Morgan fingerprint density at radius 3 is 2.51 bits per heavy atom. The molecule has 4 aromatic rings. The fraction of sp³-hybridized carbons (Fsp3) is 0.269. The third-order valence-corrected chi connectivity index (χ3v) is 6.45. The standard InChI is InChI=1S/C26H26F2N6O2S/c1-17(2)12-13-29-26(36)24(22-7-4-14-37-22)34(21-6-3-5-20(28)15-21)23(35)16-33-31-25(30-32-33)18-8-10-19(27)11-9-18/h3-11,14-15,17,24H,12-13,16H2,1-2H3,(H,29,36). The normalized spacial score (nSPS) is 11.9. The number of aromatic nitrogens is 4. The highest BCUT2D eigenvalue weighted by Crippen LogP contribution is 2.31. The van der Waals surface area contributed by atoms with Crippen molar-refractivity contribution in [2.75, 3.05) is 11.4 Å². The SMILES string of the molecule is CC(C)CCNC(=O)C(c1cccs1)N(C(=O)Cn1nnc(-c2ccc(F)cc2)n1)c1cccc(F)c1. The quantitative estimate of drug-likeness (QED) is 0.327. The Kier molecular flexibility index (Phi) is 8.34. The monoisotopic (exact) mass is 524 g/mol. The highest BCUT2D eigenvalue weighted by molar-refractivity contribution is 7.10. The first-order chi connectivity index (χ1) is 17.8. The molecule has 2 aromatic carbocycles. The zero-order valence-corrected chi connectivity index (χ0v) is 21.2. The summed E-state index contributed by atoms with van der Waals surface area (Å²) in [6.07, 6.45) is 0.770. The molecule has 0 aliphatic heterocycles. The molecular weight excluding hydrogens is 498 g/mol. The molecule has 0 spiro atoms. The second-order valence-corrected chi connectivity index (χ2v) is 9.76. The van der Waals surface area contributed by atoms with Crippen LogP contribution < -0.4 is 10.2 Å². The first-order valence-corrected chi connectivity index (χ1v) is 12.6. The predicted octanol–water partition coefficient (Wildman–Crippen LogP) is 4.62. The number of benzene rings is 2. The summed E-state index contributed by atoms with van der Waals surface area (Å²) < 4.78 is 27.5. The van der Waals surface area contributed by atoms with Gasteiger partial charge >= 0.3 is 0 Å². The summed E-state index contributed by atoms with van der Waals surface area (Å²) in [5.41, 5.74) is 0.754. The van der Waals surface area contributed by atoms with Gasteiger partial charge in [-0.1, -0.05) is 26.0 Å². The molecule has 0 saturated heterocycles. The van der Waals surface area contributed by atoms with Crippen molar-refractivity contribution < 1.29 is 18.4 Å². The van der Waals surface area contributed by atoms with E-state index in [1.165, 1.54) is 58.7 Å². The number of carbonyl (C=O) groups is 2. The lowest BCUT2D eigenvalue weighted by molar-refractivity contribution is -0.127. The van der Waals surface area contributed by atoms with Gasteiger partial charge < -0.3 is 5.32 Å². The number of nitrogens with zero attached hydrogens (tertiary/aromatic N) is 5. The van der Waals surface area contributed by atoms with E-state index in [2.05, 4.69) is 34.6 Å². The molecule has 2 aromatic heterocycles. The Bertz CT molecular complexity index is 1340. The Morgan fingerprint density at radius 1 is 1.05 bits per heavy atom.